The lowest BCUT2D eigenvalue weighted by atomic mass is 10.0. The third kappa shape index (κ3) is 3.74. The van der Waals surface area contributed by atoms with Crippen LogP contribution in [-0.4, -0.2) is 38.2 Å². The standard InChI is InChI=1S/C20H23N5O3S/c1-4-28-16(26)8-12-10-29-20(22-12)24-19(27)17-13-6-5-7-15(13)23-18-14(17)9-21-25(18)11(2)3/h9-11H,4-8H2,1-3H3,(H,22,24,27). The molecule has 0 spiro atoms. The van der Waals surface area contributed by atoms with Gasteiger partial charge in [0.2, 0.25) is 0 Å². The Morgan fingerprint density at radius 3 is 2.90 bits per heavy atom. The zero-order valence-corrected chi connectivity index (χ0v) is 17.5. The smallest absolute Gasteiger partial charge is 0.311 e. The Hall–Kier alpha value is -2.81. The number of nitrogens with zero attached hydrogens (tertiary/aromatic N) is 4. The Bertz CT molecular complexity index is 1090. The molecule has 0 aliphatic heterocycles. The van der Waals surface area contributed by atoms with Gasteiger partial charge >= 0.3 is 5.97 Å². The van der Waals surface area contributed by atoms with Crippen molar-refractivity contribution in [2.75, 3.05) is 11.9 Å². The van der Waals surface area contributed by atoms with Gasteiger partial charge < -0.3 is 4.74 Å². The normalized spacial score (nSPS) is 13.1. The van der Waals surface area contributed by atoms with E-state index in [1.54, 1.807) is 18.5 Å². The second kappa shape index (κ2) is 7.90. The van der Waals surface area contributed by atoms with E-state index in [1.807, 2.05) is 18.5 Å². The van der Waals surface area contributed by atoms with Crippen LogP contribution >= 0.6 is 11.3 Å². The van der Waals surface area contributed by atoms with Crippen molar-refractivity contribution in [2.45, 2.75) is 52.5 Å². The van der Waals surface area contributed by atoms with E-state index in [0.29, 0.717) is 23.0 Å². The highest BCUT2D eigenvalue weighted by atomic mass is 32.1. The predicted molar refractivity (Wildman–Crippen MR) is 110 cm³/mol. The van der Waals surface area contributed by atoms with E-state index in [0.717, 1.165) is 41.6 Å². The maximum absolute atomic E-state index is 13.2. The van der Waals surface area contributed by atoms with Crippen LogP contribution in [0, 0.1) is 0 Å². The van der Waals surface area contributed by atoms with Gasteiger partial charge in [-0.3, -0.25) is 14.9 Å². The van der Waals surface area contributed by atoms with E-state index in [2.05, 4.69) is 15.4 Å². The lowest BCUT2D eigenvalue weighted by Crippen LogP contribution is -2.16. The van der Waals surface area contributed by atoms with Crippen molar-refractivity contribution in [3.05, 3.63) is 34.1 Å². The van der Waals surface area contributed by atoms with Gasteiger partial charge in [0.15, 0.2) is 10.8 Å². The SMILES string of the molecule is CCOC(=O)Cc1csc(NC(=O)c2c3c(nc4c2cnn4C(C)C)CCC3)n1. The van der Waals surface area contributed by atoms with Gasteiger partial charge in [0.1, 0.15) is 0 Å². The number of fused-ring (bicyclic) bond motifs is 2. The molecule has 0 saturated carbocycles. The van der Waals surface area contributed by atoms with Crippen LogP contribution in [0.4, 0.5) is 5.13 Å². The van der Waals surface area contributed by atoms with E-state index < -0.39 is 0 Å². The molecule has 0 bridgehead atoms. The van der Waals surface area contributed by atoms with Crippen LogP contribution in [0.5, 0.6) is 0 Å². The molecule has 1 aliphatic rings. The minimum Gasteiger partial charge on any atom is -0.466 e. The molecular weight excluding hydrogens is 390 g/mol. The lowest BCUT2D eigenvalue weighted by Gasteiger charge is -2.11. The van der Waals surface area contributed by atoms with E-state index in [4.69, 9.17) is 9.72 Å². The number of nitrogens with one attached hydrogen (secondary N) is 1. The van der Waals surface area contributed by atoms with Crippen molar-refractivity contribution in [1.29, 1.82) is 0 Å². The number of aryl methyl sites for hydroxylation is 1. The number of hydrogen-bond donors (Lipinski definition) is 1. The highest BCUT2D eigenvalue weighted by Gasteiger charge is 2.26. The van der Waals surface area contributed by atoms with Crippen molar-refractivity contribution in [3.63, 3.8) is 0 Å². The number of anilines is 1. The van der Waals surface area contributed by atoms with Crippen LogP contribution < -0.4 is 5.32 Å². The van der Waals surface area contributed by atoms with Crippen LogP contribution in [0.1, 0.15) is 60.5 Å². The monoisotopic (exact) mass is 413 g/mol. The summed E-state index contributed by atoms with van der Waals surface area (Å²) in [4.78, 5) is 34.0. The zero-order valence-electron chi connectivity index (χ0n) is 16.7. The average Bonchev–Trinajstić information content (AvgIpc) is 3.39. The number of aromatic nitrogens is 4. The van der Waals surface area contributed by atoms with Crippen molar-refractivity contribution >= 4 is 39.4 Å². The van der Waals surface area contributed by atoms with E-state index in [1.165, 1.54) is 11.3 Å². The summed E-state index contributed by atoms with van der Waals surface area (Å²) in [6, 6.07) is 0.153. The number of thiazole rings is 1. The van der Waals surface area contributed by atoms with Crippen LogP contribution in [-0.2, 0) is 28.8 Å². The minimum absolute atomic E-state index is 0.0935. The second-order valence-electron chi connectivity index (χ2n) is 7.27. The third-order valence-corrected chi connectivity index (χ3v) is 5.70. The fraction of sp³-hybridized carbons (Fsp3) is 0.450. The maximum Gasteiger partial charge on any atom is 0.311 e. The Labute approximate surface area is 172 Å². The number of carbonyl (C=O) groups is 2. The average molecular weight is 414 g/mol. The van der Waals surface area contributed by atoms with Crippen molar-refractivity contribution in [1.82, 2.24) is 19.7 Å². The molecule has 1 N–H and O–H groups in total. The second-order valence-corrected chi connectivity index (χ2v) is 8.12. The molecule has 8 nitrogen and oxygen atoms in total. The summed E-state index contributed by atoms with van der Waals surface area (Å²) in [5.41, 5.74) is 3.94. The van der Waals surface area contributed by atoms with Crippen LogP contribution in [0.3, 0.4) is 0 Å². The maximum atomic E-state index is 13.2. The van der Waals surface area contributed by atoms with Gasteiger partial charge in [0.05, 0.1) is 35.9 Å². The largest absolute Gasteiger partial charge is 0.466 e. The Morgan fingerprint density at radius 1 is 1.31 bits per heavy atom. The number of pyridine rings is 1. The van der Waals surface area contributed by atoms with Gasteiger partial charge in [0, 0.05) is 17.1 Å². The van der Waals surface area contributed by atoms with E-state index >= 15 is 0 Å². The summed E-state index contributed by atoms with van der Waals surface area (Å²) in [6.07, 6.45) is 4.51. The highest BCUT2D eigenvalue weighted by molar-refractivity contribution is 7.14. The topological polar surface area (TPSA) is 99.0 Å². The number of hydrogen-bond acceptors (Lipinski definition) is 7. The first kappa shape index (κ1) is 19.5. The molecule has 3 aromatic rings. The molecule has 4 rings (SSSR count). The predicted octanol–water partition coefficient (Wildman–Crippen LogP) is 3.32. The Kier molecular flexibility index (Phi) is 5.31. The summed E-state index contributed by atoms with van der Waals surface area (Å²) >= 11 is 1.29. The van der Waals surface area contributed by atoms with Crippen LogP contribution in [0.25, 0.3) is 11.0 Å². The minimum atomic E-state index is -0.328. The first-order valence-corrected chi connectivity index (χ1v) is 10.7. The van der Waals surface area contributed by atoms with E-state index in [-0.39, 0.29) is 24.3 Å². The molecule has 0 atom stereocenters. The summed E-state index contributed by atoms with van der Waals surface area (Å²) < 4.78 is 6.80. The summed E-state index contributed by atoms with van der Waals surface area (Å²) in [6.45, 7) is 6.18. The number of esters is 1. The van der Waals surface area contributed by atoms with Gasteiger partial charge in [-0.1, -0.05) is 0 Å². The summed E-state index contributed by atoms with van der Waals surface area (Å²) in [5, 5.41) is 10.3. The Balaban J connectivity index is 1.64. The number of amides is 1. The number of rotatable bonds is 6. The van der Waals surface area contributed by atoms with Crippen molar-refractivity contribution in [3.8, 4) is 0 Å². The summed E-state index contributed by atoms with van der Waals surface area (Å²) in [7, 11) is 0. The molecular formula is C20H23N5O3S. The van der Waals surface area contributed by atoms with Crippen LogP contribution in [0.2, 0.25) is 0 Å². The molecule has 0 aromatic carbocycles. The summed E-state index contributed by atoms with van der Waals surface area (Å²) in [5.74, 6) is -0.540. The highest BCUT2D eigenvalue weighted by Crippen LogP contribution is 2.31. The van der Waals surface area contributed by atoms with Gasteiger partial charge in [-0.05, 0) is 45.6 Å². The van der Waals surface area contributed by atoms with Crippen LogP contribution in [0.15, 0.2) is 11.6 Å². The molecule has 3 aromatic heterocycles. The molecule has 9 heteroatoms. The van der Waals surface area contributed by atoms with Gasteiger partial charge in [-0.15, -0.1) is 11.3 Å². The first-order chi connectivity index (χ1) is 14.0. The molecule has 1 aliphatic carbocycles. The molecule has 1 amide bonds. The third-order valence-electron chi connectivity index (χ3n) is 4.89. The quantitative estimate of drug-likeness (QED) is 0.623. The fourth-order valence-electron chi connectivity index (χ4n) is 3.66. The van der Waals surface area contributed by atoms with Crippen molar-refractivity contribution < 1.29 is 14.3 Å². The Morgan fingerprint density at radius 2 is 2.14 bits per heavy atom. The van der Waals surface area contributed by atoms with Gasteiger partial charge in [0.25, 0.3) is 5.91 Å². The fourth-order valence-corrected chi connectivity index (χ4v) is 4.36. The van der Waals surface area contributed by atoms with E-state index in [9.17, 15) is 9.59 Å². The van der Waals surface area contributed by atoms with Gasteiger partial charge in [-0.2, -0.15) is 5.10 Å². The number of carbonyl (C=O) groups excluding carboxylic acids is 2. The molecule has 0 fully saturated rings. The molecule has 0 unspecified atom stereocenters. The first-order valence-electron chi connectivity index (χ1n) is 9.78. The molecule has 29 heavy (non-hydrogen) atoms. The van der Waals surface area contributed by atoms with Gasteiger partial charge in [-0.25, -0.2) is 14.6 Å². The lowest BCUT2D eigenvalue weighted by molar-refractivity contribution is -0.142. The zero-order chi connectivity index (χ0) is 20.5. The molecule has 0 radical (unpaired) electrons. The van der Waals surface area contributed by atoms with Crippen molar-refractivity contribution in [2.24, 2.45) is 0 Å². The molecule has 152 valence electrons. The molecule has 0 saturated heterocycles. The number of ether oxygens (including phenoxy) is 1. The molecule has 3 heterocycles.